The van der Waals surface area contributed by atoms with E-state index in [1.807, 2.05) is 16.8 Å². The van der Waals surface area contributed by atoms with E-state index in [0.29, 0.717) is 23.2 Å². The summed E-state index contributed by atoms with van der Waals surface area (Å²) in [6, 6.07) is 4.35. The van der Waals surface area contributed by atoms with Gasteiger partial charge in [0.2, 0.25) is 0 Å². The van der Waals surface area contributed by atoms with Crippen molar-refractivity contribution in [2.24, 2.45) is 0 Å². The molecule has 0 spiro atoms. The molecule has 0 radical (unpaired) electrons. The molecule has 0 amide bonds. The van der Waals surface area contributed by atoms with Crippen molar-refractivity contribution in [2.75, 3.05) is 13.1 Å². The maximum Gasteiger partial charge on any atom is 0.262 e. The Balaban J connectivity index is 1.40. The average Bonchev–Trinajstić information content (AvgIpc) is 3.30. The fourth-order valence-corrected chi connectivity index (χ4v) is 4.29. The van der Waals surface area contributed by atoms with Gasteiger partial charge in [0, 0.05) is 25.2 Å². The lowest BCUT2D eigenvalue weighted by Gasteiger charge is -2.42. The second kappa shape index (κ2) is 6.53. The molecular weight excluding hydrogens is 342 g/mol. The quantitative estimate of drug-likeness (QED) is 0.762. The van der Waals surface area contributed by atoms with E-state index in [9.17, 15) is 4.79 Å². The Morgan fingerprint density at radius 2 is 2.07 bits per heavy atom. The molecule has 1 N–H and O–H groups in total. The highest BCUT2D eigenvalue weighted by molar-refractivity contribution is 5.73. The first-order valence-electron chi connectivity index (χ1n) is 9.70. The summed E-state index contributed by atoms with van der Waals surface area (Å²) < 4.78 is 1.96. The summed E-state index contributed by atoms with van der Waals surface area (Å²) in [6.07, 6.45) is 8.01. The highest BCUT2D eigenvalue weighted by Crippen LogP contribution is 2.33. The van der Waals surface area contributed by atoms with Gasteiger partial charge in [-0.3, -0.25) is 9.69 Å². The highest BCUT2D eigenvalue weighted by atomic mass is 16.1. The molecule has 4 heterocycles. The van der Waals surface area contributed by atoms with Gasteiger partial charge >= 0.3 is 0 Å². The fraction of sp³-hybridized carbons (Fsp3) is 0.526. The molecule has 1 saturated heterocycles. The van der Waals surface area contributed by atoms with E-state index >= 15 is 0 Å². The van der Waals surface area contributed by atoms with E-state index in [0.717, 1.165) is 37.3 Å². The minimum Gasteiger partial charge on any atom is -0.309 e. The molecule has 1 atom stereocenters. The van der Waals surface area contributed by atoms with Gasteiger partial charge in [-0.2, -0.15) is 15.3 Å². The van der Waals surface area contributed by atoms with Crippen molar-refractivity contribution in [1.29, 1.82) is 0 Å². The lowest BCUT2D eigenvalue weighted by Crippen LogP contribution is -2.47. The summed E-state index contributed by atoms with van der Waals surface area (Å²) in [5, 5.41) is 13.2. The Morgan fingerprint density at radius 3 is 2.81 bits per heavy atom. The molecule has 0 unspecified atom stereocenters. The zero-order valence-corrected chi connectivity index (χ0v) is 15.4. The van der Waals surface area contributed by atoms with Crippen LogP contribution in [0.3, 0.4) is 0 Å². The second-order valence-corrected chi connectivity index (χ2v) is 7.69. The Kier molecular flexibility index (Phi) is 4.00. The molecule has 8 heteroatoms. The Hall–Kier alpha value is -2.61. The molecule has 0 aromatic carbocycles. The molecule has 8 nitrogen and oxygen atoms in total. The third-order valence-electron chi connectivity index (χ3n) is 6.02. The summed E-state index contributed by atoms with van der Waals surface area (Å²) in [6.45, 7) is 3.88. The third-order valence-corrected chi connectivity index (χ3v) is 6.02. The predicted molar refractivity (Wildman–Crippen MR) is 100 cm³/mol. The standard InChI is InChI=1S/C19H23N7O/c1-12(25-10-13(11-25)16-7-4-8-20-24-16)17-22-18-15(19(27)23-17)9-21-26(18)14-5-2-3-6-14/h4,7-9,12-14H,2-3,5-6,10-11H2,1H3,(H,22,23,27)/t12-/m1/s1. The van der Waals surface area contributed by atoms with Crippen LogP contribution < -0.4 is 5.56 Å². The van der Waals surface area contributed by atoms with Crippen molar-refractivity contribution < 1.29 is 0 Å². The van der Waals surface area contributed by atoms with Crippen molar-refractivity contribution in [3.63, 3.8) is 0 Å². The Labute approximate surface area is 156 Å². The molecule has 3 aromatic rings. The summed E-state index contributed by atoms with van der Waals surface area (Å²) in [5.41, 5.74) is 1.65. The van der Waals surface area contributed by atoms with E-state index in [2.05, 4.69) is 32.1 Å². The van der Waals surface area contributed by atoms with Crippen molar-refractivity contribution in [2.45, 2.75) is 50.6 Å². The third kappa shape index (κ3) is 2.84. The predicted octanol–water partition coefficient (Wildman–Crippen LogP) is 2.19. The summed E-state index contributed by atoms with van der Waals surface area (Å²) in [7, 11) is 0. The molecule has 1 aliphatic carbocycles. The van der Waals surface area contributed by atoms with Crippen LogP contribution in [0.25, 0.3) is 11.0 Å². The minimum absolute atomic E-state index is 0.0435. The first-order chi connectivity index (χ1) is 13.2. The number of aromatic nitrogens is 6. The summed E-state index contributed by atoms with van der Waals surface area (Å²) >= 11 is 0. The number of aromatic amines is 1. The van der Waals surface area contributed by atoms with Crippen LogP contribution in [0.2, 0.25) is 0 Å². The number of H-pyrrole nitrogens is 1. The zero-order chi connectivity index (χ0) is 18.4. The first kappa shape index (κ1) is 16.6. The van der Waals surface area contributed by atoms with E-state index in [-0.39, 0.29) is 11.6 Å². The van der Waals surface area contributed by atoms with Crippen LogP contribution in [-0.2, 0) is 0 Å². The van der Waals surface area contributed by atoms with E-state index in [1.54, 1.807) is 12.4 Å². The number of hydrogen-bond donors (Lipinski definition) is 1. The lowest BCUT2D eigenvalue weighted by molar-refractivity contribution is 0.0936. The van der Waals surface area contributed by atoms with Gasteiger partial charge in [0.15, 0.2) is 5.65 Å². The molecule has 0 bridgehead atoms. The second-order valence-electron chi connectivity index (χ2n) is 7.69. The zero-order valence-electron chi connectivity index (χ0n) is 15.4. The maximum atomic E-state index is 12.6. The monoisotopic (exact) mass is 365 g/mol. The number of likely N-dealkylation sites (tertiary alicyclic amines) is 1. The molecular formula is C19H23N7O. The van der Waals surface area contributed by atoms with E-state index in [1.165, 1.54) is 12.8 Å². The van der Waals surface area contributed by atoms with Crippen LogP contribution in [0, 0.1) is 0 Å². The molecule has 1 aliphatic heterocycles. The highest BCUT2D eigenvalue weighted by Gasteiger charge is 2.34. The summed E-state index contributed by atoms with van der Waals surface area (Å²) in [5.74, 6) is 1.10. The van der Waals surface area contributed by atoms with Crippen molar-refractivity contribution >= 4 is 11.0 Å². The number of rotatable bonds is 4. The van der Waals surface area contributed by atoms with Gasteiger partial charge in [0.1, 0.15) is 11.2 Å². The topological polar surface area (TPSA) is 92.6 Å². The molecule has 3 aromatic heterocycles. The number of nitrogens with zero attached hydrogens (tertiary/aromatic N) is 6. The van der Waals surface area contributed by atoms with Crippen LogP contribution in [0.4, 0.5) is 0 Å². The average molecular weight is 365 g/mol. The minimum atomic E-state index is -0.0999. The van der Waals surface area contributed by atoms with Gasteiger partial charge < -0.3 is 4.98 Å². The van der Waals surface area contributed by atoms with Gasteiger partial charge in [0.05, 0.1) is 24.0 Å². The first-order valence-corrected chi connectivity index (χ1v) is 9.70. The van der Waals surface area contributed by atoms with Crippen LogP contribution in [0.5, 0.6) is 0 Å². The normalized spacial score (nSPS) is 20.2. The van der Waals surface area contributed by atoms with Gasteiger partial charge in [-0.1, -0.05) is 12.8 Å². The van der Waals surface area contributed by atoms with Crippen molar-refractivity contribution in [3.8, 4) is 0 Å². The SMILES string of the molecule is C[C@H](c1nc2c(cnn2C2CCCC2)c(=O)[nH]1)N1CC(c2cccnn2)C1. The molecule has 5 rings (SSSR count). The molecule has 27 heavy (non-hydrogen) atoms. The molecule has 140 valence electrons. The van der Waals surface area contributed by atoms with Crippen molar-refractivity contribution in [3.05, 3.63) is 46.4 Å². The van der Waals surface area contributed by atoms with Crippen LogP contribution in [0.15, 0.2) is 29.3 Å². The number of fused-ring (bicyclic) bond motifs is 1. The van der Waals surface area contributed by atoms with Gasteiger partial charge in [-0.25, -0.2) is 9.67 Å². The molecule has 2 aliphatic rings. The molecule has 2 fully saturated rings. The Morgan fingerprint density at radius 1 is 1.26 bits per heavy atom. The van der Waals surface area contributed by atoms with Gasteiger partial charge in [-0.05, 0) is 31.9 Å². The van der Waals surface area contributed by atoms with Crippen LogP contribution in [-0.4, -0.2) is 47.9 Å². The van der Waals surface area contributed by atoms with E-state index < -0.39 is 0 Å². The molecule has 1 saturated carbocycles. The lowest BCUT2D eigenvalue weighted by atomic mass is 9.94. The number of hydrogen-bond acceptors (Lipinski definition) is 6. The van der Waals surface area contributed by atoms with Crippen LogP contribution in [0.1, 0.15) is 62.1 Å². The van der Waals surface area contributed by atoms with Crippen molar-refractivity contribution in [1.82, 2.24) is 34.8 Å². The fourth-order valence-electron chi connectivity index (χ4n) is 4.29. The van der Waals surface area contributed by atoms with Gasteiger partial charge in [-0.15, -0.1) is 0 Å². The number of nitrogens with one attached hydrogen (secondary N) is 1. The van der Waals surface area contributed by atoms with Crippen LogP contribution >= 0.6 is 0 Å². The Bertz CT molecular complexity index is 1000. The summed E-state index contributed by atoms with van der Waals surface area (Å²) in [4.78, 5) is 22.7. The van der Waals surface area contributed by atoms with E-state index in [4.69, 9.17) is 4.98 Å². The maximum absolute atomic E-state index is 12.6. The van der Waals surface area contributed by atoms with Gasteiger partial charge in [0.25, 0.3) is 5.56 Å². The smallest absolute Gasteiger partial charge is 0.262 e. The largest absolute Gasteiger partial charge is 0.309 e.